The highest BCUT2D eigenvalue weighted by Crippen LogP contribution is 2.64. The van der Waals surface area contributed by atoms with Crippen LogP contribution in [-0.2, 0) is 33.3 Å². The third-order valence-electron chi connectivity index (χ3n) is 6.00. The molecule has 12 nitrogen and oxygen atoms in total. The van der Waals surface area contributed by atoms with Gasteiger partial charge in [-0.15, -0.1) is 0 Å². The first-order valence-corrected chi connectivity index (χ1v) is 8.50. The smallest absolute Gasteiger partial charge is 0.311 e. The van der Waals surface area contributed by atoms with Crippen LogP contribution in [0.2, 0.25) is 0 Å². The molecule has 4 unspecified atom stereocenters. The van der Waals surface area contributed by atoms with Crippen LogP contribution in [0, 0.1) is 5.92 Å². The molecule has 5 N–H and O–H groups in total. The highest BCUT2D eigenvalue weighted by Gasteiger charge is 2.88. The number of nitrogens with two attached hydrogens (primary N) is 1. The van der Waals surface area contributed by atoms with E-state index in [0.29, 0.717) is 0 Å². The molecule has 0 aromatic heterocycles. The summed E-state index contributed by atoms with van der Waals surface area (Å²) in [5.74, 6) is -4.17. The van der Waals surface area contributed by atoms with Crippen LogP contribution in [0.3, 0.4) is 0 Å². The van der Waals surface area contributed by atoms with Crippen LogP contribution < -0.4 is 11.1 Å². The van der Waals surface area contributed by atoms with Crippen LogP contribution in [0.15, 0.2) is 4.99 Å². The van der Waals surface area contributed by atoms with Crippen molar-refractivity contribution < 1.29 is 43.5 Å². The molecule has 148 valence electrons. The lowest BCUT2D eigenvalue weighted by molar-refractivity contribution is -0.528. The van der Waals surface area contributed by atoms with Gasteiger partial charge in [-0.25, -0.2) is 4.99 Å². The summed E-state index contributed by atoms with van der Waals surface area (Å²) in [5.41, 5.74) is 2.88. The molecule has 4 saturated heterocycles. The fourth-order valence-electron chi connectivity index (χ4n) is 5.24. The summed E-state index contributed by atoms with van der Waals surface area (Å²) in [7, 11) is 0. The van der Waals surface area contributed by atoms with Gasteiger partial charge in [0, 0.05) is 13.8 Å². The van der Waals surface area contributed by atoms with E-state index in [4.69, 9.17) is 29.4 Å². The average Bonchev–Trinajstić information content (AvgIpc) is 2.71. The molecule has 5 aliphatic heterocycles. The molecule has 9 atom stereocenters. The fourth-order valence-corrected chi connectivity index (χ4v) is 5.24. The number of hydrogen-bond donors (Lipinski definition) is 4. The predicted molar refractivity (Wildman–Crippen MR) is 81.5 cm³/mol. The monoisotopic (exact) mass is 385 g/mol. The number of ether oxygens (including phenoxy) is 5. The van der Waals surface area contributed by atoms with Crippen molar-refractivity contribution in [3.8, 4) is 0 Å². The molecule has 27 heavy (non-hydrogen) atoms. The van der Waals surface area contributed by atoms with Crippen molar-refractivity contribution in [2.45, 2.75) is 61.6 Å². The van der Waals surface area contributed by atoms with Crippen LogP contribution in [-0.4, -0.2) is 82.5 Å². The maximum Gasteiger partial charge on any atom is 0.311 e. The number of nitrogens with zero attached hydrogens (tertiary/aromatic N) is 1. The van der Waals surface area contributed by atoms with Crippen LogP contribution >= 0.6 is 0 Å². The van der Waals surface area contributed by atoms with Crippen LogP contribution in [0.4, 0.5) is 0 Å². The number of aliphatic imine (C=N–C) groups is 1. The SMILES string of the molecule is CC(=O)OC[C@]1(OC(C)=O)C2OC3(O)OC1[C@@H](O)[C@@]14NC(N)=N[C@H](O[C@H]31)C24. The number of esters is 2. The minimum Gasteiger partial charge on any atom is -0.461 e. The van der Waals surface area contributed by atoms with Crippen molar-refractivity contribution in [1.82, 2.24) is 5.32 Å². The molecule has 0 amide bonds. The standard InChI is InChI=1S/C15H19N3O9/c1-4(19)23-3-13(25-5(2)20)8-6-10-17-12(16)18-14(6)7(21)9(13)27-15(22,26-8)11(14)24-10/h6-11,21-22H,3H2,1-2H3,(H3,16,17,18)/t6?,7-,8?,9?,10-,11+,13+,14-,15?/m1/s1. The van der Waals surface area contributed by atoms with Gasteiger partial charge in [-0.3, -0.25) is 9.59 Å². The number of carbonyl (C=O) groups is 2. The first-order chi connectivity index (χ1) is 12.6. The van der Waals surface area contributed by atoms with Gasteiger partial charge in [0.15, 0.2) is 18.3 Å². The summed E-state index contributed by atoms with van der Waals surface area (Å²) in [4.78, 5) is 27.5. The van der Waals surface area contributed by atoms with Gasteiger partial charge >= 0.3 is 17.9 Å². The third kappa shape index (κ3) is 1.82. The second-order valence-electron chi connectivity index (χ2n) is 7.49. The van der Waals surface area contributed by atoms with Crippen molar-refractivity contribution in [3.05, 3.63) is 0 Å². The molecule has 5 fully saturated rings. The van der Waals surface area contributed by atoms with E-state index in [2.05, 4.69) is 10.3 Å². The van der Waals surface area contributed by atoms with E-state index in [0.717, 1.165) is 0 Å². The maximum absolute atomic E-state index is 11.9. The zero-order chi connectivity index (χ0) is 19.4. The summed E-state index contributed by atoms with van der Waals surface area (Å²) >= 11 is 0. The zero-order valence-corrected chi connectivity index (χ0v) is 14.4. The lowest BCUT2D eigenvalue weighted by Gasteiger charge is -2.68. The Morgan fingerprint density at radius 2 is 2.00 bits per heavy atom. The topological polar surface area (TPSA) is 171 Å². The molecule has 5 heterocycles. The Labute approximate surface area is 152 Å². The van der Waals surface area contributed by atoms with E-state index < -0.39 is 72.2 Å². The Hall–Kier alpha value is -1.99. The van der Waals surface area contributed by atoms with Crippen LogP contribution in [0.1, 0.15) is 13.8 Å². The van der Waals surface area contributed by atoms with Gasteiger partial charge < -0.3 is 44.9 Å². The van der Waals surface area contributed by atoms with E-state index in [1.165, 1.54) is 13.8 Å². The Kier molecular flexibility index (Phi) is 3.10. The minimum atomic E-state index is -2.22. The molecule has 6 aliphatic rings. The molecular weight excluding hydrogens is 366 g/mol. The van der Waals surface area contributed by atoms with Gasteiger partial charge in [-0.05, 0) is 0 Å². The van der Waals surface area contributed by atoms with Gasteiger partial charge in [-0.2, -0.15) is 0 Å². The fraction of sp³-hybridized carbons (Fsp3) is 0.800. The largest absolute Gasteiger partial charge is 0.461 e. The Morgan fingerprint density at radius 1 is 1.30 bits per heavy atom. The van der Waals surface area contributed by atoms with Gasteiger partial charge in [0.2, 0.25) is 5.60 Å². The number of hydrogen-bond acceptors (Lipinski definition) is 12. The van der Waals surface area contributed by atoms with Crippen molar-refractivity contribution >= 4 is 17.9 Å². The number of guanidine groups is 1. The van der Waals surface area contributed by atoms with Gasteiger partial charge in [0.05, 0.1) is 5.92 Å². The maximum atomic E-state index is 11.9. The van der Waals surface area contributed by atoms with Crippen molar-refractivity contribution in [2.24, 2.45) is 16.6 Å². The summed E-state index contributed by atoms with van der Waals surface area (Å²) in [6, 6.07) is 0. The Balaban J connectivity index is 1.68. The predicted octanol–water partition coefficient (Wildman–Crippen LogP) is -3.33. The molecule has 1 saturated carbocycles. The lowest BCUT2D eigenvalue weighted by atomic mass is 9.56. The normalized spacial score (nSPS) is 53.6. The van der Waals surface area contributed by atoms with Crippen molar-refractivity contribution in [1.29, 1.82) is 0 Å². The summed E-state index contributed by atoms with van der Waals surface area (Å²) < 4.78 is 27.8. The summed E-state index contributed by atoms with van der Waals surface area (Å²) in [6.45, 7) is 1.93. The second kappa shape index (κ2) is 4.89. The number of aliphatic hydroxyl groups excluding tert-OH is 1. The molecule has 7 bridgehead atoms. The Bertz CT molecular complexity index is 776. The summed E-state index contributed by atoms with van der Waals surface area (Å²) in [6.07, 6.45) is -5.63. The lowest BCUT2D eigenvalue weighted by Crippen LogP contribution is -2.93. The molecule has 1 spiro atoms. The highest BCUT2D eigenvalue weighted by atomic mass is 16.9. The Morgan fingerprint density at radius 3 is 2.67 bits per heavy atom. The molecule has 6 rings (SSSR count). The van der Waals surface area contributed by atoms with Crippen LogP contribution in [0.5, 0.6) is 0 Å². The molecule has 0 aromatic carbocycles. The van der Waals surface area contributed by atoms with Gasteiger partial charge in [-0.1, -0.05) is 0 Å². The average molecular weight is 385 g/mol. The minimum absolute atomic E-state index is 0.0430. The van der Waals surface area contributed by atoms with Crippen LogP contribution in [0.25, 0.3) is 0 Å². The number of nitrogens with one attached hydrogen (secondary N) is 1. The second-order valence-corrected chi connectivity index (χ2v) is 7.49. The summed E-state index contributed by atoms with van der Waals surface area (Å²) in [5, 5.41) is 25.0. The molecular formula is C15H19N3O9. The first kappa shape index (κ1) is 17.1. The number of carbonyl (C=O) groups excluding carboxylic acids is 2. The number of rotatable bonds is 3. The third-order valence-corrected chi connectivity index (χ3v) is 6.00. The van der Waals surface area contributed by atoms with E-state index in [9.17, 15) is 19.8 Å². The quantitative estimate of drug-likeness (QED) is 0.358. The van der Waals surface area contributed by atoms with E-state index >= 15 is 0 Å². The molecule has 0 radical (unpaired) electrons. The molecule has 1 aliphatic carbocycles. The molecule has 12 heteroatoms. The van der Waals surface area contributed by atoms with E-state index in [1.54, 1.807) is 0 Å². The zero-order valence-electron chi connectivity index (χ0n) is 14.4. The van der Waals surface area contributed by atoms with Gasteiger partial charge in [0.1, 0.15) is 30.5 Å². The first-order valence-electron chi connectivity index (χ1n) is 8.50. The van der Waals surface area contributed by atoms with Crippen molar-refractivity contribution in [2.75, 3.05) is 6.61 Å². The van der Waals surface area contributed by atoms with E-state index in [-0.39, 0.29) is 5.96 Å². The highest BCUT2D eigenvalue weighted by molar-refractivity contribution is 5.81. The van der Waals surface area contributed by atoms with E-state index in [1.807, 2.05) is 0 Å². The number of aliphatic hydroxyl groups is 2. The molecule has 0 aromatic rings. The van der Waals surface area contributed by atoms with Crippen molar-refractivity contribution in [3.63, 3.8) is 0 Å². The van der Waals surface area contributed by atoms with Gasteiger partial charge in [0.25, 0.3) is 0 Å².